The topological polar surface area (TPSA) is 65.2 Å². The number of nitrogens with zero attached hydrogens (tertiary/aromatic N) is 1. The molecule has 4 nitrogen and oxygen atoms in total. The van der Waals surface area contributed by atoms with Gasteiger partial charge in [-0.05, 0) is 30.7 Å². The number of nitrogens with two attached hydrogens (primary N) is 1. The van der Waals surface area contributed by atoms with Crippen molar-refractivity contribution in [3.63, 3.8) is 0 Å². The van der Waals surface area contributed by atoms with E-state index in [2.05, 4.69) is 5.16 Å². The Labute approximate surface area is 112 Å². The number of halogens is 2. The number of hydrogen-bond donors (Lipinski definition) is 1. The van der Waals surface area contributed by atoms with E-state index in [1.165, 1.54) is 18.4 Å². The van der Waals surface area contributed by atoms with Crippen molar-refractivity contribution in [3.8, 4) is 22.4 Å². The third-order valence-corrected chi connectivity index (χ3v) is 2.87. The second kappa shape index (κ2) is 4.48. The maximum Gasteiger partial charge on any atom is 0.230 e. The molecule has 0 saturated heterocycles. The first-order chi connectivity index (χ1) is 9.54. The standard InChI is InChI=1S/C14H10F2N2O2/c1-7-2-9(6-19-7)13-12(14(17)20-18-13)8-3-10(15)5-11(16)4-8/h2-6H,17H2,1H3. The molecule has 0 aliphatic carbocycles. The van der Waals surface area contributed by atoms with Crippen molar-refractivity contribution in [2.75, 3.05) is 5.73 Å². The summed E-state index contributed by atoms with van der Waals surface area (Å²) in [4.78, 5) is 0. The number of aryl methyl sites for hydroxylation is 1. The Morgan fingerprint density at radius 3 is 2.35 bits per heavy atom. The maximum absolute atomic E-state index is 13.3. The average molecular weight is 276 g/mol. The Morgan fingerprint density at radius 1 is 1.05 bits per heavy atom. The largest absolute Gasteiger partial charge is 0.469 e. The van der Waals surface area contributed by atoms with Crippen LogP contribution in [0.25, 0.3) is 22.4 Å². The van der Waals surface area contributed by atoms with Crippen LogP contribution >= 0.6 is 0 Å². The highest BCUT2D eigenvalue weighted by atomic mass is 19.1. The molecule has 0 amide bonds. The molecule has 3 aromatic rings. The Morgan fingerprint density at radius 2 is 1.75 bits per heavy atom. The average Bonchev–Trinajstić information content (AvgIpc) is 2.94. The van der Waals surface area contributed by atoms with E-state index >= 15 is 0 Å². The summed E-state index contributed by atoms with van der Waals surface area (Å²) in [5.74, 6) is -0.730. The van der Waals surface area contributed by atoms with Crippen LogP contribution in [0.4, 0.5) is 14.7 Å². The van der Waals surface area contributed by atoms with Gasteiger partial charge in [-0.2, -0.15) is 0 Å². The lowest BCUT2D eigenvalue weighted by Crippen LogP contribution is -1.89. The monoisotopic (exact) mass is 276 g/mol. The van der Waals surface area contributed by atoms with E-state index in [1.807, 2.05) is 0 Å². The number of anilines is 1. The van der Waals surface area contributed by atoms with Gasteiger partial charge >= 0.3 is 0 Å². The van der Waals surface area contributed by atoms with Crippen molar-refractivity contribution < 1.29 is 17.7 Å². The van der Waals surface area contributed by atoms with Gasteiger partial charge in [0.1, 0.15) is 29.4 Å². The second-order valence-electron chi connectivity index (χ2n) is 4.37. The SMILES string of the molecule is Cc1cc(-c2noc(N)c2-c2cc(F)cc(F)c2)co1. The molecule has 3 rings (SSSR count). The molecule has 0 unspecified atom stereocenters. The van der Waals surface area contributed by atoms with Gasteiger partial charge < -0.3 is 14.7 Å². The number of nitrogen functional groups attached to an aromatic ring is 1. The third-order valence-electron chi connectivity index (χ3n) is 2.87. The minimum absolute atomic E-state index is 0.0103. The summed E-state index contributed by atoms with van der Waals surface area (Å²) >= 11 is 0. The van der Waals surface area contributed by atoms with E-state index in [0.717, 1.165) is 6.07 Å². The molecule has 20 heavy (non-hydrogen) atoms. The lowest BCUT2D eigenvalue weighted by Gasteiger charge is -2.02. The van der Waals surface area contributed by atoms with E-state index in [9.17, 15) is 8.78 Å². The highest BCUT2D eigenvalue weighted by Gasteiger charge is 2.20. The summed E-state index contributed by atoms with van der Waals surface area (Å²) in [6.45, 7) is 1.77. The summed E-state index contributed by atoms with van der Waals surface area (Å²) in [5.41, 5.74) is 7.32. The molecule has 1 aromatic carbocycles. The summed E-state index contributed by atoms with van der Waals surface area (Å²) in [6.07, 6.45) is 1.48. The first kappa shape index (κ1) is 12.4. The molecular weight excluding hydrogens is 266 g/mol. The summed E-state index contributed by atoms with van der Waals surface area (Å²) in [6, 6.07) is 4.86. The van der Waals surface area contributed by atoms with Gasteiger partial charge in [0.15, 0.2) is 0 Å². The fourth-order valence-corrected chi connectivity index (χ4v) is 2.04. The lowest BCUT2D eigenvalue weighted by molar-refractivity contribution is 0.439. The number of furan rings is 1. The van der Waals surface area contributed by atoms with Gasteiger partial charge in [-0.15, -0.1) is 0 Å². The van der Waals surface area contributed by atoms with Crippen LogP contribution in [0.5, 0.6) is 0 Å². The van der Waals surface area contributed by atoms with Gasteiger partial charge in [-0.1, -0.05) is 5.16 Å². The van der Waals surface area contributed by atoms with Crippen LogP contribution in [0.3, 0.4) is 0 Å². The molecule has 0 bridgehead atoms. The van der Waals surface area contributed by atoms with Crippen LogP contribution in [-0.4, -0.2) is 5.16 Å². The second-order valence-corrected chi connectivity index (χ2v) is 4.37. The molecule has 2 aromatic heterocycles. The lowest BCUT2D eigenvalue weighted by atomic mass is 10.0. The number of benzene rings is 1. The van der Waals surface area contributed by atoms with E-state index in [1.54, 1.807) is 13.0 Å². The van der Waals surface area contributed by atoms with Crippen molar-refractivity contribution >= 4 is 5.88 Å². The molecule has 102 valence electrons. The van der Waals surface area contributed by atoms with Crippen molar-refractivity contribution in [1.82, 2.24) is 5.16 Å². The molecule has 0 radical (unpaired) electrons. The quantitative estimate of drug-likeness (QED) is 0.773. The van der Waals surface area contributed by atoms with E-state index < -0.39 is 11.6 Å². The normalized spacial score (nSPS) is 10.9. The van der Waals surface area contributed by atoms with Crippen LogP contribution in [0, 0.1) is 18.6 Å². The van der Waals surface area contributed by atoms with Gasteiger partial charge in [0, 0.05) is 11.6 Å². The zero-order chi connectivity index (χ0) is 14.3. The Balaban J connectivity index is 2.21. The number of aromatic nitrogens is 1. The Bertz CT molecular complexity index is 757. The predicted octanol–water partition coefficient (Wildman–Crippen LogP) is 3.77. The Hall–Kier alpha value is -2.63. The van der Waals surface area contributed by atoms with Crippen LogP contribution in [0.1, 0.15) is 5.76 Å². The minimum Gasteiger partial charge on any atom is -0.469 e. The van der Waals surface area contributed by atoms with Crippen molar-refractivity contribution in [2.24, 2.45) is 0 Å². The molecule has 0 saturated carbocycles. The molecule has 2 heterocycles. The van der Waals surface area contributed by atoms with Crippen molar-refractivity contribution in [2.45, 2.75) is 6.92 Å². The fraction of sp³-hybridized carbons (Fsp3) is 0.0714. The first-order valence-electron chi connectivity index (χ1n) is 5.81. The van der Waals surface area contributed by atoms with Gasteiger partial charge in [0.25, 0.3) is 0 Å². The fourth-order valence-electron chi connectivity index (χ4n) is 2.04. The van der Waals surface area contributed by atoms with Crippen LogP contribution < -0.4 is 5.73 Å². The van der Waals surface area contributed by atoms with Crippen molar-refractivity contribution in [1.29, 1.82) is 0 Å². The van der Waals surface area contributed by atoms with E-state index in [-0.39, 0.29) is 11.4 Å². The van der Waals surface area contributed by atoms with Crippen LogP contribution in [0.2, 0.25) is 0 Å². The third kappa shape index (κ3) is 2.05. The molecule has 2 N–H and O–H groups in total. The molecule has 0 aliphatic rings. The van der Waals surface area contributed by atoms with Gasteiger partial charge in [0.05, 0.1) is 5.56 Å². The zero-order valence-electron chi connectivity index (χ0n) is 10.5. The van der Waals surface area contributed by atoms with Crippen LogP contribution in [-0.2, 0) is 0 Å². The van der Waals surface area contributed by atoms with Crippen LogP contribution in [0.15, 0.2) is 39.5 Å². The van der Waals surface area contributed by atoms with Gasteiger partial charge in [-0.3, -0.25) is 0 Å². The number of hydrogen-bond acceptors (Lipinski definition) is 4. The molecule has 0 atom stereocenters. The summed E-state index contributed by atoms with van der Waals surface area (Å²) in [5, 5.41) is 3.83. The summed E-state index contributed by atoms with van der Waals surface area (Å²) < 4.78 is 36.8. The Kier molecular flexibility index (Phi) is 2.78. The minimum atomic E-state index is -0.699. The predicted molar refractivity (Wildman–Crippen MR) is 68.7 cm³/mol. The molecular formula is C14H10F2N2O2. The maximum atomic E-state index is 13.3. The highest BCUT2D eigenvalue weighted by Crippen LogP contribution is 2.37. The summed E-state index contributed by atoms with van der Waals surface area (Å²) in [7, 11) is 0. The smallest absolute Gasteiger partial charge is 0.230 e. The van der Waals surface area contributed by atoms with Gasteiger partial charge in [-0.25, -0.2) is 8.78 Å². The molecule has 0 aliphatic heterocycles. The molecule has 6 heteroatoms. The first-order valence-corrected chi connectivity index (χ1v) is 5.81. The van der Waals surface area contributed by atoms with Gasteiger partial charge in [0.2, 0.25) is 5.88 Å². The zero-order valence-corrected chi connectivity index (χ0v) is 10.5. The molecule has 0 spiro atoms. The van der Waals surface area contributed by atoms with Crippen molar-refractivity contribution in [3.05, 3.63) is 47.9 Å². The van der Waals surface area contributed by atoms with E-state index in [0.29, 0.717) is 22.6 Å². The van der Waals surface area contributed by atoms with E-state index in [4.69, 9.17) is 14.7 Å². The number of rotatable bonds is 2. The highest BCUT2D eigenvalue weighted by molar-refractivity contribution is 5.86. The molecule has 0 fully saturated rings.